The number of pyridine rings is 1. The lowest BCUT2D eigenvalue weighted by molar-refractivity contribution is 0.0880. The molecule has 0 spiro atoms. The largest absolute Gasteiger partial charge is 0.506 e. The molecule has 3 rings (SSSR count). The summed E-state index contributed by atoms with van der Waals surface area (Å²) in [6, 6.07) is 5.69. The van der Waals surface area contributed by atoms with E-state index in [4.69, 9.17) is 5.73 Å². The molecule has 21 heavy (non-hydrogen) atoms. The van der Waals surface area contributed by atoms with Gasteiger partial charge in [-0.25, -0.2) is 0 Å². The molecule has 2 amide bonds. The number of carbonyl (C=O) groups excluding carboxylic acids is 2. The van der Waals surface area contributed by atoms with Crippen LogP contribution in [0.15, 0.2) is 29.1 Å². The van der Waals surface area contributed by atoms with Gasteiger partial charge in [0.1, 0.15) is 11.6 Å². The minimum absolute atomic E-state index is 0.0501. The Balaban J connectivity index is 2.38. The normalized spacial score (nSPS) is 13.2. The van der Waals surface area contributed by atoms with E-state index < -0.39 is 17.4 Å². The molecule has 7 heteroatoms. The fourth-order valence-electron chi connectivity index (χ4n) is 2.34. The third-order valence-corrected chi connectivity index (χ3v) is 3.33. The van der Waals surface area contributed by atoms with E-state index in [0.717, 1.165) is 16.2 Å². The van der Waals surface area contributed by atoms with Crippen LogP contribution in [0, 0.1) is 6.92 Å². The van der Waals surface area contributed by atoms with Gasteiger partial charge in [0.15, 0.2) is 0 Å². The number of fused-ring (bicyclic) bond motifs is 1. The van der Waals surface area contributed by atoms with Crippen molar-refractivity contribution >= 4 is 17.6 Å². The van der Waals surface area contributed by atoms with Gasteiger partial charge in [0.25, 0.3) is 17.4 Å². The molecular formula is C14H11N3O4. The quantitative estimate of drug-likeness (QED) is 0.653. The minimum atomic E-state index is -0.659. The second-order valence-corrected chi connectivity index (χ2v) is 4.77. The first-order valence-corrected chi connectivity index (χ1v) is 6.11. The van der Waals surface area contributed by atoms with Crippen LogP contribution in [0.5, 0.6) is 5.75 Å². The summed E-state index contributed by atoms with van der Waals surface area (Å²) in [5.41, 5.74) is 6.13. The van der Waals surface area contributed by atoms with Gasteiger partial charge < -0.3 is 10.8 Å². The maximum absolute atomic E-state index is 12.2. The SMILES string of the molecule is Cc1ccc(O)c(-n2c(N)c3c(cc2=O)C(=O)NC3=O)c1. The highest BCUT2D eigenvalue weighted by Crippen LogP contribution is 2.27. The molecule has 1 aromatic heterocycles. The van der Waals surface area contributed by atoms with Crippen molar-refractivity contribution < 1.29 is 14.7 Å². The molecule has 0 fully saturated rings. The zero-order valence-corrected chi connectivity index (χ0v) is 11.0. The van der Waals surface area contributed by atoms with Crippen molar-refractivity contribution in [1.82, 2.24) is 9.88 Å². The van der Waals surface area contributed by atoms with E-state index in [9.17, 15) is 19.5 Å². The second-order valence-electron chi connectivity index (χ2n) is 4.77. The predicted octanol–water partition coefficient (Wildman–Crippen LogP) is 0.317. The average molecular weight is 285 g/mol. The molecule has 0 bridgehead atoms. The van der Waals surface area contributed by atoms with Crippen LogP contribution in [0.4, 0.5) is 5.82 Å². The number of rotatable bonds is 1. The topological polar surface area (TPSA) is 114 Å². The van der Waals surface area contributed by atoms with Crippen molar-refractivity contribution in [2.24, 2.45) is 0 Å². The van der Waals surface area contributed by atoms with Crippen LogP contribution in [0.25, 0.3) is 5.69 Å². The fraction of sp³-hybridized carbons (Fsp3) is 0.0714. The average Bonchev–Trinajstić information content (AvgIpc) is 2.68. The smallest absolute Gasteiger partial charge is 0.262 e. The summed E-state index contributed by atoms with van der Waals surface area (Å²) in [5, 5.41) is 12.0. The number of hydrogen-bond donors (Lipinski definition) is 3. The first kappa shape index (κ1) is 12.9. The summed E-state index contributed by atoms with van der Waals surface area (Å²) in [6.45, 7) is 1.79. The highest BCUT2D eigenvalue weighted by atomic mass is 16.3. The number of nitrogens with two attached hydrogens (primary N) is 1. The van der Waals surface area contributed by atoms with Crippen molar-refractivity contribution in [1.29, 1.82) is 0 Å². The molecule has 2 heterocycles. The lowest BCUT2D eigenvalue weighted by atomic mass is 10.1. The van der Waals surface area contributed by atoms with Gasteiger partial charge in [-0.05, 0) is 24.6 Å². The van der Waals surface area contributed by atoms with Crippen molar-refractivity contribution in [3.63, 3.8) is 0 Å². The first-order valence-electron chi connectivity index (χ1n) is 6.11. The Hall–Kier alpha value is -3.09. The van der Waals surface area contributed by atoms with Gasteiger partial charge in [0.2, 0.25) is 0 Å². The number of amides is 2. The lowest BCUT2D eigenvalue weighted by Crippen LogP contribution is -2.24. The fourth-order valence-corrected chi connectivity index (χ4v) is 2.34. The predicted molar refractivity (Wildman–Crippen MR) is 74.6 cm³/mol. The molecule has 0 radical (unpaired) electrons. The number of nitrogen functional groups attached to an aromatic ring is 1. The Morgan fingerprint density at radius 1 is 1.14 bits per heavy atom. The number of nitrogens with one attached hydrogen (secondary N) is 1. The Kier molecular flexibility index (Phi) is 2.59. The van der Waals surface area contributed by atoms with Gasteiger partial charge in [0, 0.05) is 6.07 Å². The Morgan fingerprint density at radius 3 is 2.57 bits per heavy atom. The summed E-state index contributed by atoms with van der Waals surface area (Å²) in [7, 11) is 0. The number of aryl methyl sites for hydroxylation is 1. The maximum Gasteiger partial charge on any atom is 0.262 e. The van der Waals surface area contributed by atoms with Crippen molar-refractivity contribution in [3.8, 4) is 11.4 Å². The van der Waals surface area contributed by atoms with Gasteiger partial charge in [-0.1, -0.05) is 6.07 Å². The van der Waals surface area contributed by atoms with Gasteiger partial charge >= 0.3 is 0 Å². The number of nitrogens with zero attached hydrogens (tertiary/aromatic N) is 1. The van der Waals surface area contributed by atoms with Crippen molar-refractivity contribution in [3.05, 3.63) is 51.3 Å². The summed E-state index contributed by atoms with van der Waals surface area (Å²) >= 11 is 0. The molecule has 1 aliphatic rings. The first-order chi connectivity index (χ1) is 9.90. The van der Waals surface area contributed by atoms with Crippen LogP contribution in [-0.2, 0) is 0 Å². The zero-order chi connectivity index (χ0) is 15.3. The highest BCUT2D eigenvalue weighted by Gasteiger charge is 2.32. The van der Waals surface area contributed by atoms with Crippen LogP contribution in [0.2, 0.25) is 0 Å². The molecule has 0 saturated heterocycles. The standard InChI is InChI=1S/C14H11N3O4/c1-6-2-3-9(18)8(4-6)17-10(19)5-7-11(12(17)15)14(21)16-13(7)20/h2-5,18H,15H2,1H3,(H,16,20,21). The number of benzene rings is 1. The molecule has 0 unspecified atom stereocenters. The van der Waals surface area contributed by atoms with E-state index in [1.54, 1.807) is 19.1 Å². The Labute approximate surface area is 118 Å². The molecule has 0 saturated carbocycles. The van der Waals surface area contributed by atoms with Gasteiger partial charge in [-0.2, -0.15) is 0 Å². The van der Waals surface area contributed by atoms with Crippen LogP contribution in [0.3, 0.4) is 0 Å². The van der Waals surface area contributed by atoms with Crippen LogP contribution in [0.1, 0.15) is 26.3 Å². The van der Waals surface area contributed by atoms with Crippen LogP contribution < -0.4 is 16.6 Å². The van der Waals surface area contributed by atoms with Gasteiger partial charge in [0.05, 0.1) is 16.8 Å². The molecule has 1 aliphatic heterocycles. The highest BCUT2D eigenvalue weighted by molar-refractivity contribution is 6.23. The lowest BCUT2D eigenvalue weighted by Gasteiger charge is -2.13. The number of phenolic OH excluding ortho intramolecular Hbond substituents is 1. The van der Waals surface area contributed by atoms with E-state index in [-0.39, 0.29) is 28.4 Å². The van der Waals surface area contributed by atoms with Crippen LogP contribution >= 0.6 is 0 Å². The number of hydrogen-bond acceptors (Lipinski definition) is 5. The Bertz CT molecular complexity index is 867. The minimum Gasteiger partial charge on any atom is -0.506 e. The molecule has 4 N–H and O–H groups in total. The molecule has 1 aromatic carbocycles. The number of anilines is 1. The summed E-state index contributed by atoms with van der Waals surface area (Å²) in [5.74, 6) is -1.64. The van der Waals surface area contributed by atoms with E-state index >= 15 is 0 Å². The molecule has 7 nitrogen and oxygen atoms in total. The molecule has 0 aliphatic carbocycles. The number of carbonyl (C=O) groups is 2. The van der Waals surface area contributed by atoms with Crippen molar-refractivity contribution in [2.45, 2.75) is 6.92 Å². The second kappa shape index (κ2) is 4.20. The third kappa shape index (κ3) is 1.78. The summed E-state index contributed by atoms with van der Waals surface area (Å²) in [6.07, 6.45) is 0. The molecular weight excluding hydrogens is 274 g/mol. The number of aromatic nitrogens is 1. The van der Waals surface area contributed by atoms with E-state index in [1.807, 2.05) is 0 Å². The van der Waals surface area contributed by atoms with E-state index in [2.05, 4.69) is 5.32 Å². The molecule has 0 atom stereocenters. The number of aromatic hydroxyl groups is 1. The monoisotopic (exact) mass is 285 g/mol. The van der Waals surface area contributed by atoms with Crippen LogP contribution in [-0.4, -0.2) is 21.5 Å². The van der Waals surface area contributed by atoms with E-state index in [0.29, 0.717) is 0 Å². The number of imide groups is 1. The van der Waals surface area contributed by atoms with Gasteiger partial charge in [-0.15, -0.1) is 0 Å². The third-order valence-electron chi connectivity index (χ3n) is 3.33. The zero-order valence-electron chi connectivity index (χ0n) is 11.0. The van der Waals surface area contributed by atoms with Crippen molar-refractivity contribution in [2.75, 3.05) is 5.73 Å². The number of phenols is 1. The molecule has 2 aromatic rings. The molecule has 106 valence electrons. The maximum atomic E-state index is 12.2. The van der Waals surface area contributed by atoms with Gasteiger partial charge in [-0.3, -0.25) is 24.3 Å². The summed E-state index contributed by atoms with van der Waals surface area (Å²) in [4.78, 5) is 35.5. The summed E-state index contributed by atoms with van der Waals surface area (Å²) < 4.78 is 1.01. The van der Waals surface area contributed by atoms with E-state index in [1.165, 1.54) is 6.07 Å². The Morgan fingerprint density at radius 2 is 1.86 bits per heavy atom.